The molecule has 1 spiro atoms. The van der Waals surface area contributed by atoms with Gasteiger partial charge >= 0.3 is 0 Å². The molecule has 0 fully saturated rings. The monoisotopic (exact) mass is 400 g/mol. The normalized spacial score (nSPS) is 20.8. The molecular weight excluding hydrogens is 380 g/mol. The summed E-state index contributed by atoms with van der Waals surface area (Å²) >= 11 is 0. The van der Waals surface area contributed by atoms with Gasteiger partial charge in [0.05, 0.1) is 6.54 Å². The molecule has 0 saturated heterocycles. The zero-order valence-electron chi connectivity index (χ0n) is 16.3. The quantitative estimate of drug-likeness (QED) is 0.669. The van der Waals surface area contributed by atoms with Gasteiger partial charge in [-0.15, -0.1) is 0 Å². The van der Waals surface area contributed by atoms with E-state index in [9.17, 15) is 4.79 Å². The Hall–Kier alpha value is -3.67. The molecule has 6 rings (SSSR count). The number of benzene rings is 3. The Bertz CT molecular complexity index is 1190. The van der Waals surface area contributed by atoms with Crippen molar-refractivity contribution in [3.8, 4) is 17.2 Å². The largest absolute Gasteiger partial charge is 0.491 e. The lowest BCUT2D eigenvalue weighted by molar-refractivity contribution is -0.122. The number of para-hydroxylation sites is 1. The highest BCUT2D eigenvalue weighted by Crippen LogP contribution is 2.54. The molecule has 6 heteroatoms. The van der Waals surface area contributed by atoms with Gasteiger partial charge in [-0.25, -0.2) is 0 Å². The molecule has 0 radical (unpaired) electrons. The molecular formula is C24H20N2O4. The summed E-state index contributed by atoms with van der Waals surface area (Å²) in [6.07, 6.45) is 0. The number of ether oxygens (including phenoxy) is 3. The van der Waals surface area contributed by atoms with E-state index in [1.807, 2.05) is 65.6 Å². The second-order valence-electron chi connectivity index (χ2n) is 7.84. The standard InChI is InChI=1S/C24H20N2O4/c25-16-5-3-4-15(10-16)13-26-19-7-2-1-6-17(19)24(23(26)27)14-30-20-12-22-21(11-18(20)24)28-8-9-29-22/h1-7,10-12H,8-9,13-14,25H2. The minimum Gasteiger partial charge on any atom is -0.491 e. The molecule has 0 aromatic heterocycles. The summed E-state index contributed by atoms with van der Waals surface area (Å²) in [5.74, 6) is 1.99. The first-order valence-corrected chi connectivity index (χ1v) is 10.00. The highest BCUT2D eigenvalue weighted by atomic mass is 16.6. The summed E-state index contributed by atoms with van der Waals surface area (Å²) in [5.41, 5.74) is 9.42. The van der Waals surface area contributed by atoms with Gasteiger partial charge in [0.15, 0.2) is 11.5 Å². The average Bonchev–Trinajstić information content (AvgIpc) is 3.25. The zero-order chi connectivity index (χ0) is 20.3. The van der Waals surface area contributed by atoms with Crippen LogP contribution in [0.1, 0.15) is 16.7 Å². The molecule has 150 valence electrons. The Kier molecular flexibility index (Phi) is 3.53. The molecule has 3 heterocycles. The summed E-state index contributed by atoms with van der Waals surface area (Å²) in [5, 5.41) is 0. The number of hydrogen-bond donors (Lipinski definition) is 1. The summed E-state index contributed by atoms with van der Waals surface area (Å²) in [6.45, 7) is 1.70. The van der Waals surface area contributed by atoms with Crippen molar-refractivity contribution in [1.29, 1.82) is 0 Å². The van der Waals surface area contributed by atoms with E-state index in [2.05, 4.69) is 0 Å². The van der Waals surface area contributed by atoms with Crippen LogP contribution in [-0.4, -0.2) is 25.7 Å². The Balaban J connectivity index is 1.49. The van der Waals surface area contributed by atoms with Gasteiger partial charge in [0.1, 0.15) is 31.0 Å². The van der Waals surface area contributed by atoms with Crippen LogP contribution in [0.4, 0.5) is 11.4 Å². The molecule has 0 aliphatic carbocycles. The predicted molar refractivity (Wildman–Crippen MR) is 112 cm³/mol. The highest BCUT2D eigenvalue weighted by Gasteiger charge is 2.57. The van der Waals surface area contributed by atoms with Crippen LogP contribution < -0.4 is 24.8 Å². The third kappa shape index (κ3) is 2.27. The second kappa shape index (κ2) is 6.16. The van der Waals surface area contributed by atoms with Crippen molar-refractivity contribution in [2.75, 3.05) is 30.5 Å². The number of rotatable bonds is 2. The maximum Gasteiger partial charge on any atom is 0.246 e. The lowest BCUT2D eigenvalue weighted by Gasteiger charge is -2.24. The van der Waals surface area contributed by atoms with Gasteiger partial charge in [0, 0.05) is 23.0 Å². The molecule has 3 aromatic carbocycles. The molecule has 6 nitrogen and oxygen atoms in total. The molecule has 2 N–H and O–H groups in total. The fourth-order valence-electron chi connectivity index (χ4n) is 4.74. The van der Waals surface area contributed by atoms with Crippen LogP contribution in [-0.2, 0) is 16.8 Å². The van der Waals surface area contributed by atoms with Crippen molar-refractivity contribution in [2.45, 2.75) is 12.0 Å². The van der Waals surface area contributed by atoms with Crippen molar-refractivity contribution in [3.05, 3.63) is 77.4 Å². The third-order valence-electron chi connectivity index (χ3n) is 6.10. The summed E-state index contributed by atoms with van der Waals surface area (Å²) in [7, 11) is 0. The molecule has 0 bridgehead atoms. The van der Waals surface area contributed by atoms with Crippen molar-refractivity contribution < 1.29 is 19.0 Å². The van der Waals surface area contributed by atoms with Crippen molar-refractivity contribution in [3.63, 3.8) is 0 Å². The molecule has 3 aliphatic heterocycles. The van der Waals surface area contributed by atoms with Crippen molar-refractivity contribution in [1.82, 2.24) is 0 Å². The smallest absolute Gasteiger partial charge is 0.246 e. The number of nitrogen functional groups attached to an aromatic ring is 1. The van der Waals surface area contributed by atoms with Crippen LogP contribution in [0.5, 0.6) is 17.2 Å². The van der Waals surface area contributed by atoms with Crippen LogP contribution in [0.3, 0.4) is 0 Å². The van der Waals surface area contributed by atoms with Crippen molar-refractivity contribution in [2.24, 2.45) is 0 Å². The first kappa shape index (κ1) is 17.2. The minimum absolute atomic E-state index is 0.00144. The number of nitrogens with zero attached hydrogens (tertiary/aromatic N) is 1. The number of carbonyl (C=O) groups is 1. The van der Waals surface area contributed by atoms with Gasteiger partial charge in [0.25, 0.3) is 0 Å². The van der Waals surface area contributed by atoms with Gasteiger partial charge in [-0.1, -0.05) is 30.3 Å². The maximum atomic E-state index is 13.9. The van der Waals surface area contributed by atoms with E-state index in [0.717, 1.165) is 22.4 Å². The van der Waals surface area contributed by atoms with E-state index in [1.54, 1.807) is 0 Å². The minimum atomic E-state index is -0.887. The molecule has 3 aliphatic rings. The van der Waals surface area contributed by atoms with Gasteiger partial charge in [-0.3, -0.25) is 4.79 Å². The predicted octanol–water partition coefficient (Wildman–Crippen LogP) is 3.27. The molecule has 1 atom stereocenters. The SMILES string of the molecule is Nc1cccc(CN2C(=O)C3(COc4cc5c(cc43)OCCO5)c3ccccc32)c1. The van der Waals surface area contributed by atoms with Gasteiger partial charge in [0.2, 0.25) is 5.91 Å². The average molecular weight is 400 g/mol. The zero-order valence-corrected chi connectivity index (χ0v) is 16.3. The Labute approximate surface area is 173 Å². The third-order valence-corrected chi connectivity index (χ3v) is 6.10. The first-order chi connectivity index (χ1) is 14.7. The lowest BCUT2D eigenvalue weighted by Crippen LogP contribution is -2.42. The van der Waals surface area contributed by atoms with Crippen LogP contribution in [0.2, 0.25) is 0 Å². The first-order valence-electron chi connectivity index (χ1n) is 10.00. The number of fused-ring (bicyclic) bond motifs is 5. The van der Waals surface area contributed by atoms with Crippen molar-refractivity contribution >= 4 is 17.3 Å². The van der Waals surface area contributed by atoms with E-state index in [0.29, 0.717) is 42.7 Å². The van der Waals surface area contributed by atoms with Crippen LogP contribution in [0.25, 0.3) is 0 Å². The Morgan fingerprint density at radius 2 is 1.67 bits per heavy atom. The fourth-order valence-corrected chi connectivity index (χ4v) is 4.74. The number of anilines is 2. The molecule has 1 amide bonds. The molecule has 0 saturated carbocycles. The molecule has 1 unspecified atom stereocenters. The van der Waals surface area contributed by atoms with E-state index in [-0.39, 0.29) is 12.5 Å². The van der Waals surface area contributed by atoms with Gasteiger partial charge in [-0.05, 0) is 35.4 Å². The Morgan fingerprint density at radius 1 is 0.867 bits per heavy atom. The van der Waals surface area contributed by atoms with Crippen LogP contribution in [0.15, 0.2) is 60.7 Å². The van der Waals surface area contributed by atoms with E-state index in [1.165, 1.54) is 0 Å². The van der Waals surface area contributed by atoms with Crippen LogP contribution >= 0.6 is 0 Å². The highest BCUT2D eigenvalue weighted by molar-refractivity contribution is 6.11. The topological polar surface area (TPSA) is 74.0 Å². The van der Waals surface area contributed by atoms with E-state index >= 15 is 0 Å². The second-order valence-corrected chi connectivity index (χ2v) is 7.84. The Morgan fingerprint density at radius 3 is 2.50 bits per heavy atom. The van der Waals surface area contributed by atoms with Gasteiger partial charge < -0.3 is 24.8 Å². The summed E-state index contributed by atoms with van der Waals surface area (Å²) in [4.78, 5) is 15.8. The number of nitrogens with two attached hydrogens (primary N) is 1. The summed E-state index contributed by atoms with van der Waals surface area (Å²) in [6, 6.07) is 19.3. The number of amides is 1. The van der Waals surface area contributed by atoms with E-state index in [4.69, 9.17) is 19.9 Å². The fraction of sp³-hybridized carbons (Fsp3) is 0.208. The number of carbonyl (C=O) groups excluding carboxylic acids is 1. The summed E-state index contributed by atoms with van der Waals surface area (Å²) < 4.78 is 17.5. The molecule has 3 aromatic rings. The number of hydrogen-bond acceptors (Lipinski definition) is 5. The van der Waals surface area contributed by atoms with E-state index < -0.39 is 5.41 Å². The molecule has 30 heavy (non-hydrogen) atoms. The van der Waals surface area contributed by atoms with Gasteiger partial charge in [-0.2, -0.15) is 0 Å². The maximum absolute atomic E-state index is 13.9. The van der Waals surface area contributed by atoms with Crippen LogP contribution in [0, 0.1) is 0 Å². The lowest BCUT2D eigenvalue weighted by atomic mass is 9.77.